The van der Waals surface area contributed by atoms with Crippen LogP contribution in [-0.4, -0.2) is 64.2 Å². The molecule has 0 saturated carbocycles. The van der Waals surface area contributed by atoms with Gasteiger partial charge in [-0.05, 0) is 18.6 Å². The molecule has 1 aliphatic heterocycles. The van der Waals surface area contributed by atoms with Crippen molar-refractivity contribution in [3.63, 3.8) is 0 Å². The topological polar surface area (TPSA) is 112 Å². The summed E-state index contributed by atoms with van der Waals surface area (Å²) < 4.78 is 59.3. The first kappa shape index (κ1) is 17.9. The molecule has 0 aliphatic carbocycles. The van der Waals surface area contributed by atoms with Gasteiger partial charge < -0.3 is 9.30 Å². The molecular formula is C12H18N2O7S2. The number of nitrogens with zero attached hydrogens (tertiary/aromatic N) is 2. The van der Waals surface area contributed by atoms with Gasteiger partial charge in [-0.2, -0.15) is 12.7 Å². The highest BCUT2D eigenvalue weighted by Crippen LogP contribution is 2.24. The molecule has 1 fully saturated rings. The number of aromatic nitrogens is 1. The average molecular weight is 366 g/mol. The van der Waals surface area contributed by atoms with Crippen LogP contribution in [0.4, 0.5) is 0 Å². The van der Waals surface area contributed by atoms with E-state index in [1.807, 2.05) is 0 Å². The van der Waals surface area contributed by atoms with Crippen molar-refractivity contribution in [2.75, 3.05) is 26.5 Å². The monoisotopic (exact) mass is 366 g/mol. The zero-order chi connectivity index (χ0) is 17.4. The lowest BCUT2D eigenvalue weighted by atomic mass is 10.3. The van der Waals surface area contributed by atoms with Crippen molar-refractivity contribution in [1.29, 1.82) is 0 Å². The second kappa shape index (κ2) is 6.23. The predicted molar refractivity (Wildman–Crippen MR) is 79.8 cm³/mol. The van der Waals surface area contributed by atoms with Crippen LogP contribution in [0.3, 0.4) is 0 Å². The predicted octanol–water partition coefficient (Wildman–Crippen LogP) is -0.449. The molecule has 0 N–H and O–H groups in total. The molecule has 1 aromatic rings. The van der Waals surface area contributed by atoms with E-state index < -0.39 is 32.2 Å². The number of rotatable bonds is 5. The molecule has 0 aromatic carbocycles. The highest BCUT2D eigenvalue weighted by molar-refractivity contribution is 7.89. The maximum atomic E-state index is 12.6. The number of ether oxygens (including phenoxy) is 1. The van der Waals surface area contributed by atoms with E-state index in [0.717, 1.165) is 10.6 Å². The van der Waals surface area contributed by atoms with Gasteiger partial charge in [0.05, 0.1) is 19.5 Å². The van der Waals surface area contributed by atoms with E-state index in [0.29, 0.717) is 0 Å². The Morgan fingerprint density at radius 2 is 1.91 bits per heavy atom. The smallest absolute Gasteiger partial charge is 0.354 e. The Morgan fingerprint density at radius 3 is 2.48 bits per heavy atom. The van der Waals surface area contributed by atoms with Crippen LogP contribution >= 0.6 is 0 Å². The average Bonchev–Trinajstić information content (AvgIpc) is 3.03. The summed E-state index contributed by atoms with van der Waals surface area (Å²) in [7, 11) is -4.86. The molecule has 130 valence electrons. The van der Waals surface area contributed by atoms with Gasteiger partial charge in [-0.15, -0.1) is 0 Å². The maximum Gasteiger partial charge on any atom is 0.354 e. The van der Waals surface area contributed by atoms with Crippen molar-refractivity contribution >= 4 is 26.1 Å². The summed E-state index contributed by atoms with van der Waals surface area (Å²) in [6, 6.07) is 2.67. The Bertz CT molecular complexity index is 810. The van der Waals surface area contributed by atoms with Crippen LogP contribution in [0, 0.1) is 0 Å². The summed E-state index contributed by atoms with van der Waals surface area (Å²) in [5.41, 5.74) is 0.106. The number of carbonyl (C=O) groups is 1. The lowest BCUT2D eigenvalue weighted by molar-refractivity contribution is 0.0589. The minimum atomic E-state index is -3.87. The van der Waals surface area contributed by atoms with Gasteiger partial charge in [0.1, 0.15) is 5.69 Å². The number of esters is 1. The van der Waals surface area contributed by atoms with Crippen LogP contribution in [0.25, 0.3) is 0 Å². The molecule has 11 heteroatoms. The number of sulfonamides is 1. The molecule has 2 heterocycles. The normalized spacial score (nSPS) is 19.9. The first-order valence-corrected chi connectivity index (χ1v) is 9.94. The fourth-order valence-electron chi connectivity index (χ4n) is 2.44. The third-order valence-corrected chi connectivity index (χ3v) is 6.06. The van der Waals surface area contributed by atoms with Crippen molar-refractivity contribution in [1.82, 2.24) is 8.87 Å². The number of carbonyl (C=O) groups excluding carboxylic acids is 1. The quantitative estimate of drug-likeness (QED) is 0.512. The maximum absolute atomic E-state index is 12.6. The van der Waals surface area contributed by atoms with Crippen molar-refractivity contribution in [3.05, 3.63) is 17.8 Å². The van der Waals surface area contributed by atoms with Gasteiger partial charge in [-0.1, -0.05) is 0 Å². The first-order chi connectivity index (χ1) is 10.6. The molecule has 23 heavy (non-hydrogen) atoms. The lowest BCUT2D eigenvalue weighted by Crippen LogP contribution is -2.32. The van der Waals surface area contributed by atoms with Crippen LogP contribution in [0.15, 0.2) is 17.2 Å². The van der Waals surface area contributed by atoms with Gasteiger partial charge >= 0.3 is 5.97 Å². The standard InChI is InChI=1S/C12H18N2O7S2/c1-13-10(12(15)20-2)4-5-11(13)23(18,19)14-7-6-9(8-14)21-22(3,16)17/h4-5,9H,6-8H2,1-3H3/t9-/m0/s1. The Kier molecular flexibility index (Phi) is 4.85. The third kappa shape index (κ3) is 3.74. The van der Waals surface area contributed by atoms with Gasteiger partial charge in [0.2, 0.25) is 0 Å². The molecule has 1 saturated heterocycles. The minimum absolute atomic E-state index is 0.0614. The Balaban J connectivity index is 2.24. The molecule has 1 aromatic heterocycles. The molecular weight excluding hydrogens is 348 g/mol. The molecule has 0 unspecified atom stereocenters. The lowest BCUT2D eigenvalue weighted by Gasteiger charge is -2.17. The van der Waals surface area contributed by atoms with Crippen molar-refractivity contribution in [2.45, 2.75) is 17.6 Å². The summed E-state index contributed by atoms with van der Waals surface area (Å²) in [6.45, 7) is 0.0788. The van der Waals surface area contributed by atoms with Crippen LogP contribution in [0.1, 0.15) is 16.9 Å². The Labute approximate surface area is 135 Å². The zero-order valence-electron chi connectivity index (χ0n) is 12.9. The van der Waals surface area contributed by atoms with E-state index >= 15 is 0 Å². The van der Waals surface area contributed by atoms with Crippen LogP contribution in [0.2, 0.25) is 0 Å². The van der Waals surface area contributed by atoms with Crippen molar-refractivity contribution < 1.29 is 30.6 Å². The summed E-state index contributed by atoms with van der Waals surface area (Å²) in [4.78, 5) is 11.6. The van der Waals surface area contributed by atoms with Gasteiger partial charge in [-0.25, -0.2) is 13.2 Å². The summed E-state index contributed by atoms with van der Waals surface area (Å²) in [6.07, 6.45) is 0.491. The van der Waals surface area contributed by atoms with Crippen molar-refractivity contribution in [2.24, 2.45) is 7.05 Å². The summed E-state index contributed by atoms with van der Waals surface area (Å²) in [5, 5.41) is -0.0714. The number of hydrogen-bond donors (Lipinski definition) is 0. The molecule has 0 spiro atoms. The zero-order valence-corrected chi connectivity index (χ0v) is 14.6. The second-order valence-electron chi connectivity index (χ2n) is 5.18. The van der Waals surface area contributed by atoms with E-state index in [2.05, 4.69) is 4.74 Å². The Hall–Kier alpha value is -1.43. The van der Waals surface area contributed by atoms with Crippen LogP contribution in [0.5, 0.6) is 0 Å². The van der Waals surface area contributed by atoms with Crippen LogP contribution < -0.4 is 0 Å². The molecule has 0 bridgehead atoms. The molecule has 2 rings (SSSR count). The van der Waals surface area contributed by atoms with Crippen LogP contribution in [-0.2, 0) is 36.1 Å². The van der Waals surface area contributed by atoms with Gasteiger partial charge in [0.25, 0.3) is 20.1 Å². The molecule has 0 amide bonds. The molecule has 1 aliphatic rings. The van der Waals surface area contributed by atoms with E-state index in [9.17, 15) is 21.6 Å². The minimum Gasteiger partial charge on any atom is -0.464 e. The molecule has 0 radical (unpaired) electrons. The van der Waals surface area contributed by atoms with E-state index in [1.54, 1.807) is 0 Å². The number of hydrogen-bond acceptors (Lipinski definition) is 7. The largest absolute Gasteiger partial charge is 0.464 e. The highest BCUT2D eigenvalue weighted by atomic mass is 32.2. The third-order valence-electron chi connectivity index (χ3n) is 3.49. The van der Waals surface area contributed by atoms with Gasteiger partial charge in [0.15, 0.2) is 5.03 Å². The SMILES string of the molecule is COC(=O)c1ccc(S(=O)(=O)N2CC[C@H](OS(C)(=O)=O)C2)n1C. The van der Waals surface area contributed by atoms with E-state index in [1.165, 1.54) is 30.9 Å². The second-order valence-corrected chi connectivity index (χ2v) is 8.67. The number of methoxy groups -OCH3 is 1. The Morgan fingerprint density at radius 1 is 1.26 bits per heavy atom. The molecule has 9 nitrogen and oxygen atoms in total. The van der Waals surface area contributed by atoms with E-state index in [-0.39, 0.29) is 30.2 Å². The van der Waals surface area contributed by atoms with Gasteiger partial charge in [-0.3, -0.25) is 4.18 Å². The fourth-order valence-corrected chi connectivity index (χ4v) is 4.74. The fraction of sp³-hybridized carbons (Fsp3) is 0.583. The summed E-state index contributed by atoms with van der Waals surface area (Å²) in [5.74, 6) is -0.645. The van der Waals surface area contributed by atoms with Crippen molar-refractivity contribution in [3.8, 4) is 0 Å². The molecule has 1 atom stereocenters. The summed E-state index contributed by atoms with van der Waals surface area (Å²) >= 11 is 0. The van der Waals surface area contributed by atoms with Gasteiger partial charge in [0, 0.05) is 20.1 Å². The first-order valence-electron chi connectivity index (χ1n) is 6.68. The van der Waals surface area contributed by atoms with E-state index in [4.69, 9.17) is 4.18 Å². The highest BCUT2D eigenvalue weighted by Gasteiger charge is 2.36.